The van der Waals surface area contributed by atoms with Crippen molar-refractivity contribution in [1.82, 2.24) is 10.6 Å². The molecule has 3 atom stereocenters. The Kier molecular flexibility index (Phi) is 6.17. The van der Waals surface area contributed by atoms with E-state index in [1.807, 2.05) is 30.3 Å². The third-order valence-corrected chi connectivity index (χ3v) is 4.26. The molecule has 6 nitrogen and oxygen atoms in total. The number of aliphatic hydroxyl groups excluding tert-OH is 1. The second kappa shape index (κ2) is 8.75. The van der Waals surface area contributed by atoms with Gasteiger partial charge in [-0.15, -0.1) is 0 Å². The van der Waals surface area contributed by atoms with Crippen molar-refractivity contribution in [3.63, 3.8) is 0 Å². The van der Waals surface area contributed by atoms with Crippen molar-refractivity contribution in [2.75, 3.05) is 18.5 Å². The summed E-state index contributed by atoms with van der Waals surface area (Å²) in [5.74, 6) is -0.368. The van der Waals surface area contributed by atoms with Gasteiger partial charge in [-0.2, -0.15) is 0 Å². The van der Waals surface area contributed by atoms with E-state index in [4.69, 9.17) is 4.74 Å². The minimum absolute atomic E-state index is 0.178. The van der Waals surface area contributed by atoms with Crippen LogP contribution in [0.3, 0.4) is 0 Å². The SMILES string of the molecule is O=C(NC[C@H]1OC[C@@H](NCc2ccccc2)[C@@H]1O)Nc1ccc(F)cc1. The first-order chi connectivity index (χ1) is 12.6. The third kappa shape index (κ3) is 5.01. The summed E-state index contributed by atoms with van der Waals surface area (Å²) < 4.78 is 18.4. The van der Waals surface area contributed by atoms with Gasteiger partial charge in [0.25, 0.3) is 0 Å². The molecule has 1 saturated heterocycles. The molecule has 2 amide bonds. The summed E-state index contributed by atoms with van der Waals surface area (Å²) in [7, 11) is 0. The molecule has 3 rings (SSSR count). The summed E-state index contributed by atoms with van der Waals surface area (Å²) in [5.41, 5.74) is 1.61. The Bertz CT molecular complexity index is 712. The highest BCUT2D eigenvalue weighted by Crippen LogP contribution is 2.15. The van der Waals surface area contributed by atoms with Crippen molar-refractivity contribution in [2.45, 2.75) is 24.8 Å². The lowest BCUT2D eigenvalue weighted by Gasteiger charge is -2.19. The average molecular weight is 359 g/mol. The van der Waals surface area contributed by atoms with Crippen LogP contribution in [0.2, 0.25) is 0 Å². The Labute approximate surface area is 151 Å². The fraction of sp³-hybridized carbons (Fsp3) is 0.316. The molecule has 0 aliphatic carbocycles. The van der Waals surface area contributed by atoms with Crippen LogP contribution in [0, 0.1) is 5.82 Å². The maximum absolute atomic E-state index is 12.8. The molecule has 4 N–H and O–H groups in total. The van der Waals surface area contributed by atoms with Crippen molar-refractivity contribution in [1.29, 1.82) is 0 Å². The standard InChI is InChI=1S/C19H22FN3O3/c20-14-6-8-15(9-7-14)23-19(25)22-11-17-18(24)16(12-26-17)21-10-13-4-2-1-3-5-13/h1-9,16-18,21,24H,10-12H2,(H2,22,23,25)/t16-,17-,18+/m1/s1. The van der Waals surface area contributed by atoms with E-state index in [2.05, 4.69) is 16.0 Å². The van der Waals surface area contributed by atoms with Gasteiger partial charge in [0.2, 0.25) is 0 Å². The summed E-state index contributed by atoms with van der Waals surface area (Å²) in [6, 6.07) is 14.7. The zero-order valence-electron chi connectivity index (χ0n) is 14.2. The van der Waals surface area contributed by atoms with Gasteiger partial charge in [-0.05, 0) is 29.8 Å². The van der Waals surface area contributed by atoms with Crippen molar-refractivity contribution >= 4 is 11.7 Å². The lowest BCUT2D eigenvalue weighted by atomic mass is 10.1. The van der Waals surface area contributed by atoms with Gasteiger partial charge in [0.05, 0.1) is 18.8 Å². The number of amides is 2. The van der Waals surface area contributed by atoms with Crippen LogP contribution in [-0.4, -0.2) is 42.5 Å². The van der Waals surface area contributed by atoms with Crippen LogP contribution in [0.5, 0.6) is 0 Å². The summed E-state index contributed by atoms with van der Waals surface area (Å²) in [4.78, 5) is 11.9. The lowest BCUT2D eigenvalue weighted by Crippen LogP contribution is -2.45. The number of hydrogen-bond acceptors (Lipinski definition) is 4. The molecule has 1 aliphatic rings. The van der Waals surface area contributed by atoms with Crippen LogP contribution in [0.25, 0.3) is 0 Å². The van der Waals surface area contributed by atoms with E-state index in [0.717, 1.165) is 5.56 Å². The number of anilines is 1. The Morgan fingerprint density at radius 1 is 1.15 bits per heavy atom. The molecule has 2 aromatic rings. The zero-order chi connectivity index (χ0) is 18.4. The minimum atomic E-state index is -0.718. The van der Waals surface area contributed by atoms with E-state index in [1.165, 1.54) is 24.3 Å². The van der Waals surface area contributed by atoms with Crippen LogP contribution in [0.1, 0.15) is 5.56 Å². The Hall–Kier alpha value is -2.48. The molecular weight excluding hydrogens is 337 g/mol. The van der Waals surface area contributed by atoms with Crippen LogP contribution in [0.4, 0.5) is 14.9 Å². The Balaban J connectivity index is 1.41. The van der Waals surface area contributed by atoms with Gasteiger partial charge < -0.3 is 25.8 Å². The molecule has 138 valence electrons. The second-order valence-electron chi connectivity index (χ2n) is 6.18. The number of carbonyl (C=O) groups is 1. The fourth-order valence-electron chi connectivity index (χ4n) is 2.79. The van der Waals surface area contributed by atoms with E-state index < -0.39 is 18.2 Å². The smallest absolute Gasteiger partial charge is 0.319 e. The van der Waals surface area contributed by atoms with E-state index >= 15 is 0 Å². The minimum Gasteiger partial charge on any atom is -0.389 e. The first-order valence-corrected chi connectivity index (χ1v) is 8.49. The highest BCUT2D eigenvalue weighted by Gasteiger charge is 2.35. The number of rotatable bonds is 6. The van der Waals surface area contributed by atoms with Gasteiger partial charge in [-0.25, -0.2) is 9.18 Å². The topological polar surface area (TPSA) is 82.6 Å². The number of urea groups is 1. The van der Waals surface area contributed by atoms with Crippen LogP contribution < -0.4 is 16.0 Å². The molecule has 1 aliphatic heterocycles. The summed E-state index contributed by atoms with van der Waals surface area (Å²) in [6.45, 7) is 1.19. The maximum atomic E-state index is 12.8. The lowest BCUT2D eigenvalue weighted by molar-refractivity contribution is 0.0428. The molecule has 2 aromatic carbocycles. The Morgan fingerprint density at radius 2 is 1.88 bits per heavy atom. The van der Waals surface area contributed by atoms with Crippen molar-refractivity contribution in [3.05, 3.63) is 66.0 Å². The van der Waals surface area contributed by atoms with Crippen LogP contribution >= 0.6 is 0 Å². The number of ether oxygens (including phenoxy) is 1. The molecule has 0 unspecified atom stereocenters. The number of nitrogens with one attached hydrogen (secondary N) is 3. The van der Waals surface area contributed by atoms with Crippen LogP contribution in [-0.2, 0) is 11.3 Å². The molecule has 0 spiro atoms. The largest absolute Gasteiger partial charge is 0.389 e. The molecule has 0 aromatic heterocycles. The van der Waals surface area contributed by atoms with E-state index in [9.17, 15) is 14.3 Å². The molecule has 0 bridgehead atoms. The Morgan fingerprint density at radius 3 is 2.62 bits per heavy atom. The number of hydrogen-bond donors (Lipinski definition) is 4. The van der Waals surface area contributed by atoms with E-state index in [0.29, 0.717) is 18.8 Å². The molecule has 0 saturated carbocycles. The number of halogens is 1. The molecule has 0 radical (unpaired) electrons. The average Bonchev–Trinajstić information content (AvgIpc) is 3.01. The fourth-order valence-corrected chi connectivity index (χ4v) is 2.79. The number of benzene rings is 2. The monoisotopic (exact) mass is 359 g/mol. The molecular formula is C19H22FN3O3. The summed E-state index contributed by atoms with van der Waals surface area (Å²) >= 11 is 0. The van der Waals surface area contributed by atoms with Crippen LogP contribution in [0.15, 0.2) is 54.6 Å². The number of carbonyl (C=O) groups excluding carboxylic acids is 1. The predicted molar refractivity (Wildman–Crippen MR) is 96.2 cm³/mol. The normalized spacial score (nSPS) is 22.2. The van der Waals surface area contributed by atoms with Gasteiger partial charge in [-0.1, -0.05) is 30.3 Å². The van der Waals surface area contributed by atoms with Crippen molar-refractivity contribution in [3.8, 4) is 0 Å². The number of aliphatic hydroxyl groups is 1. The summed E-state index contributed by atoms with van der Waals surface area (Å²) in [5, 5.41) is 18.9. The molecule has 1 fully saturated rings. The maximum Gasteiger partial charge on any atom is 0.319 e. The van der Waals surface area contributed by atoms with Gasteiger partial charge >= 0.3 is 6.03 Å². The van der Waals surface area contributed by atoms with Gasteiger partial charge in [0, 0.05) is 18.8 Å². The van der Waals surface area contributed by atoms with Gasteiger partial charge in [0.15, 0.2) is 0 Å². The van der Waals surface area contributed by atoms with Gasteiger partial charge in [-0.3, -0.25) is 0 Å². The molecule has 26 heavy (non-hydrogen) atoms. The molecule has 7 heteroatoms. The van der Waals surface area contributed by atoms with E-state index in [1.54, 1.807) is 0 Å². The highest BCUT2D eigenvalue weighted by molar-refractivity contribution is 5.89. The first kappa shape index (κ1) is 18.3. The predicted octanol–water partition coefficient (Wildman–Crippen LogP) is 1.87. The van der Waals surface area contributed by atoms with Crippen molar-refractivity contribution < 1.29 is 19.0 Å². The zero-order valence-corrected chi connectivity index (χ0v) is 14.2. The highest BCUT2D eigenvalue weighted by atomic mass is 19.1. The third-order valence-electron chi connectivity index (χ3n) is 4.26. The summed E-state index contributed by atoms with van der Waals surface area (Å²) in [6.07, 6.45) is -1.20. The first-order valence-electron chi connectivity index (χ1n) is 8.49. The quantitative estimate of drug-likeness (QED) is 0.635. The van der Waals surface area contributed by atoms with Gasteiger partial charge in [0.1, 0.15) is 11.9 Å². The van der Waals surface area contributed by atoms with E-state index in [-0.39, 0.29) is 18.4 Å². The van der Waals surface area contributed by atoms with Crippen molar-refractivity contribution in [2.24, 2.45) is 0 Å². The second-order valence-corrected chi connectivity index (χ2v) is 6.18. The molecule has 1 heterocycles.